The van der Waals surface area contributed by atoms with Gasteiger partial charge in [0.05, 0.1) is 0 Å². The second kappa shape index (κ2) is 8.04. The van der Waals surface area contributed by atoms with E-state index in [1.807, 2.05) is 25.1 Å². The van der Waals surface area contributed by atoms with Gasteiger partial charge in [0.15, 0.2) is 6.61 Å². The van der Waals surface area contributed by atoms with Crippen LogP contribution >= 0.6 is 27.3 Å². The van der Waals surface area contributed by atoms with E-state index in [1.54, 1.807) is 0 Å². The SMILES string of the molecule is CCc1cc(Br)ccc1OCC(=O)Nc1nnc(C2CCCO2)s1. The number of halogens is 1. The van der Waals surface area contributed by atoms with Crippen molar-refractivity contribution in [3.63, 3.8) is 0 Å². The highest BCUT2D eigenvalue weighted by Crippen LogP contribution is 2.31. The molecule has 0 spiro atoms. The molecule has 1 saturated heterocycles. The lowest BCUT2D eigenvalue weighted by Crippen LogP contribution is -2.20. The molecule has 2 aromatic rings. The average Bonchev–Trinajstić information content (AvgIpc) is 3.24. The summed E-state index contributed by atoms with van der Waals surface area (Å²) >= 11 is 4.78. The van der Waals surface area contributed by atoms with Crippen molar-refractivity contribution >= 4 is 38.3 Å². The van der Waals surface area contributed by atoms with E-state index in [0.717, 1.165) is 40.9 Å². The number of hydrogen-bond acceptors (Lipinski definition) is 6. The van der Waals surface area contributed by atoms with Crippen LogP contribution in [0.5, 0.6) is 5.75 Å². The molecule has 1 aliphatic heterocycles. The lowest BCUT2D eigenvalue weighted by molar-refractivity contribution is -0.118. The van der Waals surface area contributed by atoms with Crippen molar-refractivity contribution in [2.75, 3.05) is 18.5 Å². The van der Waals surface area contributed by atoms with Crippen LogP contribution in [0.2, 0.25) is 0 Å². The summed E-state index contributed by atoms with van der Waals surface area (Å²) in [5.74, 6) is 0.461. The third-order valence-corrected chi connectivity index (χ3v) is 5.08. The molecule has 128 valence electrons. The van der Waals surface area contributed by atoms with Gasteiger partial charge in [-0.25, -0.2) is 0 Å². The fourth-order valence-electron chi connectivity index (χ4n) is 2.45. The molecule has 3 rings (SSSR count). The van der Waals surface area contributed by atoms with Gasteiger partial charge in [-0.05, 0) is 43.0 Å². The van der Waals surface area contributed by atoms with Crippen LogP contribution in [0.15, 0.2) is 22.7 Å². The predicted molar refractivity (Wildman–Crippen MR) is 95.5 cm³/mol. The minimum Gasteiger partial charge on any atom is -0.483 e. The first-order valence-electron chi connectivity index (χ1n) is 7.81. The summed E-state index contributed by atoms with van der Waals surface area (Å²) in [6, 6.07) is 5.74. The van der Waals surface area contributed by atoms with Crippen molar-refractivity contribution in [3.8, 4) is 5.75 Å². The smallest absolute Gasteiger partial charge is 0.264 e. The maximum Gasteiger partial charge on any atom is 0.264 e. The number of anilines is 1. The number of amides is 1. The molecule has 1 fully saturated rings. The van der Waals surface area contributed by atoms with E-state index in [-0.39, 0.29) is 18.6 Å². The second-order valence-corrected chi connectivity index (χ2v) is 7.31. The number of aryl methyl sites for hydroxylation is 1. The first kappa shape index (κ1) is 17.3. The Labute approximate surface area is 152 Å². The van der Waals surface area contributed by atoms with Crippen LogP contribution in [0.1, 0.15) is 36.4 Å². The van der Waals surface area contributed by atoms with Gasteiger partial charge < -0.3 is 9.47 Å². The van der Waals surface area contributed by atoms with Crippen LogP contribution in [0.3, 0.4) is 0 Å². The van der Waals surface area contributed by atoms with E-state index < -0.39 is 0 Å². The standard InChI is InChI=1S/C16H18BrN3O3S/c1-2-10-8-11(17)5-6-12(10)23-9-14(21)18-16-20-19-15(24-16)13-4-3-7-22-13/h5-6,8,13H,2-4,7,9H2,1H3,(H,18,20,21). The first-order valence-corrected chi connectivity index (χ1v) is 9.42. The van der Waals surface area contributed by atoms with Crippen LogP contribution < -0.4 is 10.1 Å². The number of hydrogen-bond donors (Lipinski definition) is 1. The Morgan fingerprint density at radius 1 is 1.50 bits per heavy atom. The highest BCUT2D eigenvalue weighted by molar-refractivity contribution is 9.10. The molecule has 6 nitrogen and oxygen atoms in total. The summed E-state index contributed by atoms with van der Waals surface area (Å²) in [5.41, 5.74) is 1.05. The fraction of sp³-hybridized carbons (Fsp3) is 0.438. The zero-order valence-corrected chi connectivity index (χ0v) is 15.7. The van der Waals surface area contributed by atoms with E-state index in [0.29, 0.717) is 10.9 Å². The molecule has 24 heavy (non-hydrogen) atoms. The Hall–Kier alpha value is -1.51. The molecule has 0 saturated carbocycles. The lowest BCUT2D eigenvalue weighted by Gasteiger charge is -2.10. The van der Waals surface area contributed by atoms with Gasteiger partial charge in [0.2, 0.25) is 5.13 Å². The van der Waals surface area contributed by atoms with Crippen LogP contribution in [0, 0.1) is 0 Å². The van der Waals surface area contributed by atoms with Crippen LogP contribution in [-0.4, -0.2) is 29.3 Å². The Morgan fingerprint density at radius 2 is 2.38 bits per heavy atom. The minimum atomic E-state index is -0.255. The molecule has 0 bridgehead atoms. The zero-order chi connectivity index (χ0) is 16.9. The molecule has 0 radical (unpaired) electrons. The van der Waals surface area contributed by atoms with E-state index in [1.165, 1.54) is 11.3 Å². The summed E-state index contributed by atoms with van der Waals surface area (Å²) in [7, 11) is 0. The van der Waals surface area contributed by atoms with E-state index in [9.17, 15) is 4.79 Å². The first-order chi connectivity index (χ1) is 11.7. The Kier molecular flexibility index (Phi) is 5.80. The third-order valence-electron chi connectivity index (χ3n) is 3.65. The number of nitrogens with one attached hydrogen (secondary N) is 1. The largest absolute Gasteiger partial charge is 0.483 e. The van der Waals surface area contributed by atoms with Crippen molar-refractivity contribution < 1.29 is 14.3 Å². The molecule has 2 heterocycles. The fourth-order valence-corrected chi connectivity index (χ4v) is 3.70. The Bertz CT molecular complexity index is 716. The van der Waals surface area contributed by atoms with Gasteiger partial charge in [-0.3, -0.25) is 10.1 Å². The van der Waals surface area contributed by atoms with Crippen molar-refractivity contribution in [2.45, 2.75) is 32.3 Å². The summed E-state index contributed by atoms with van der Waals surface area (Å²) in [4.78, 5) is 12.0. The maximum atomic E-state index is 12.0. The number of aromatic nitrogens is 2. The van der Waals surface area contributed by atoms with E-state index in [2.05, 4.69) is 31.4 Å². The molecule has 1 atom stereocenters. The average molecular weight is 412 g/mol. The number of nitrogens with zero attached hydrogens (tertiary/aromatic N) is 2. The summed E-state index contributed by atoms with van der Waals surface area (Å²) in [5, 5.41) is 12.1. The molecule has 1 N–H and O–H groups in total. The van der Waals surface area contributed by atoms with E-state index >= 15 is 0 Å². The normalized spacial score (nSPS) is 17.0. The van der Waals surface area contributed by atoms with Gasteiger partial charge in [-0.2, -0.15) is 0 Å². The lowest BCUT2D eigenvalue weighted by atomic mass is 10.1. The molecular formula is C16H18BrN3O3S. The zero-order valence-electron chi connectivity index (χ0n) is 13.3. The van der Waals surface area contributed by atoms with Gasteiger partial charge in [-0.15, -0.1) is 10.2 Å². The van der Waals surface area contributed by atoms with Crippen LogP contribution in [0.25, 0.3) is 0 Å². The molecule has 1 unspecified atom stereocenters. The van der Waals surface area contributed by atoms with Crippen LogP contribution in [0.4, 0.5) is 5.13 Å². The summed E-state index contributed by atoms with van der Waals surface area (Å²) < 4.78 is 12.2. The molecule has 1 aromatic heterocycles. The molecule has 1 aliphatic rings. The highest BCUT2D eigenvalue weighted by atomic mass is 79.9. The number of carbonyl (C=O) groups is 1. The van der Waals surface area contributed by atoms with Crippen molar-refractivity contribution in [1.29, 1.82) is 0 Å². The molecule has 0 aliphatic carbocycles. The molecule has 1 aromatic carbocycles. The van der Waals surface area contributed by atoms with Gasteiger partial charge in [0.25, 0.3) is 5.91 Å². The van der Waals surface area contributed by atoms with Crippen molar-refractivity contribution in [1.82, 2.24) is 10.2 Å². The molecule has 1 amide bonds. The predicted octanol–water partition coefficient (Wildman–Crippen LogP) is 3.73. The van der Waals surface area contributed by atoms with Gasteiger partial charge in [-0.1, -0.05) is 34.2 Å². The quantitative estimate of drug-likeness (QED) is 0.783. The highest BCUT2D eigenvalue weighted by Gasteiger charge is 2.22. The van der Waals surface area contributed by atoms with Gasteiger partial charge in [0.1, 0.15) is 16.9 Å². The number of carbonyl (C=O) groups excluding carboxylic acids is 1. The van der Waals surface area contributed by atoms with E-state index in [4.69, 9.17) is 9.47 Å². The summed E-state index contributed by atoms with van der Waals surface area (Å²) in [6.07, 6.45) is 2.83. The van der Waals surface area contributed by atoms with Crippen molar-refractivity contribution in [2.24, 2.45) is 0 Å². The summed E-state index contributed by atoms with van der Waals surface area (Å²) in [6.45, 7) is 2.73. The molecule has 8 heteroatoms. The minimum absolute atomic E-state index is 0.0132. The monoisotopic (exact) mass is 411 g/mol. The maximum absolute atomic E-state index is 12.0. The molecular weight excluding hydrogens is 394 g/mol. The topological polar surface area (TPSA) is 73.3 Å². The number of ether oxygens (including phenoxy) is 2. The third kappa shape index (κ3) is 4.31. The van der Waals surface area contributed by atoms with Crippen LogP contribution in [-0.2, 0) is 16.0 Å². The van der Waals surface area contributed by atoms with Crippen molar-refractivity contribution in [3.05, 3.63) is 33.2 Å². The Balaban J connectivity index is 1.54. The van der Waals surface area contributed by atoms with Gasteiger partial charge >= 0.3 is 0 Å². The Morgan fingerprint density at radius 3 is 3.12 bits per heavy atom. The number of benzene rings is 1. The van der Waals surface area contributed by atoms with Gasteiger partial charge in [0, 0.05) is 11.1 Å². The number of rotatable bonds is 6. The second-order valence-electron chi connectivity index (χ2n) is 5.39.